The van der Waals surface area contributed by atoms with E-state index in [1.165, 1.54) is 15.6 Å². The fourth-order valence-corrected chi connectivity index (χ4v) is 3.89. The highest BCUT2D eigenvalue weighted by atomic mass is 127. The summed E-state index contributed by atoms with van der Waals surface area (Å²) in [6.07, 6.45) is 1.68. The summed E-state index contributed by atoms with van der Waals surface area (Å²) in [5, 5.41) is -0.289. The van der Waals surface area contributed by atoms with E-state index < -0.39 is 0 Å². The van der Waals surface area contributed by atoms with Crippen molar-refractivity contribution in [2.24, 2.45) is 0 Å². The van der Waals surface area contributed by atoms with Crippen LogP contribution in [-0.4, -0.2) is 43.4 Å². The van der Waals surface area contributed by atoms with E-state index in [1.807, 2.05) is 30.3 Å². The third-order valence-corrected chi connectivity index (χ3v) is 5.81. The molecular weight excluding hydrogens is 505 g/mol. The van der Waals surface area contributed by atoms with Crippen LogP contribution in [0.2, 0.25) is 0 Å². The predicted octanol–water partition coefficient (Wildman–Crippen LogP) is 4.56. The minimum Gasteiger partial charge on any atom is -0.493 e. The van der Waals surface area contributed by atoms with E-state index in [0.29, 0.717) is 29.6 Å². The standard InChI is InChI=1S/C21H20INO5S/c1-26-10-9-23-20(24)19(29-21(23)25)12-15-5-8-17(18(11-15)27-2)28-13-14-3-6-16(22)7-4-14/h3-8,11-12H,9-10,13H2,1-2H3/b19-12+. The number of carbonyl (C=O) groups is 2. The van der Waals surface area contributed by atoms with Gasteiger partial charge in [0.15, 0.2) is 11.5 Å². The molecule has 1 aliphatic heterocycles. The molecule has 0 N–H and O–H groups in total. The Hall–Kier alpha value is -2.04. The zero-order valence-corrected chi connectivity index (χ0v) is 19.0. The lowest BCUT2D eigenvalue weighted by atomic mass is 10.1. The Morgan fingerprint density at radius 2 is 1.83 bits per heavy atom. The molecule has 2 amide bonds. The Balaban J connectivity index is 1.73. The van der Waals surface area contributed by atoms with Crippen LogP contribution in [0, 0.1) is 3.57 Å². The predicted molar refractivity (Wildman–Crippen MR) is 121 cm³/mol. The highest BCUT2D eigenvalue weighted by molar-refractivity contribution is 14.1. The molecule has 1 heterocycles. The van der Waals surface area contributed by atoms with Crippen LogP contribution in [0.15, 0.2) is 47.4 Å². The van der Waals surface area contributed by atoms with Gasteiger partial charge < -0.3 is 14.2 Å². The first-order chi connectivity index (χ1) is 14.0. The van der Waals surface area contributed by atoms with Crippen molar-refractivity contribution in [2.45, 2.75) is 6.61 Å². The molecule has 6 nitrogen and oxygen atoms in total. The minimum absolute atomic E-state index is 0.243. The molecule has 0 radical (unpaired) electrons. The zero-order valence-electron chi connectivity index (χ0n) is 16.0. The third kappa shape index (κ3) is 5.52. The number of ether oxygens (including phenoxy) is 3. The summed E-state index contributed by atoms with van der Waals surface area (Å²) >= 11 is 3.18. The van der Waals surface area contributed by atoms with Gasteiger partial charge in [-0.2, -0.15) is 0 Å². The van der Waals surface area contributed by atoms with E-state index in [0.717, 1.165) is 22.9 Å². The smallest absolute Gasteiger partial charge is 0.293 e. The Morgan fingerprint density at radius 3 is 2.52 bits per heavy atom. The van der Waals surface area contributed by atoms with Gasteiger partial charge in [0.2, 0.25) is 0 Å². The van der Waals surface area contributed by atoms with Gasteiger partial charge in [-0.1, -0.05) is 18.2 Å². The summed E-state index contributed by atoms with van der Waals surface area (Å²) in [6, 6.07) is 13.5. The lowest BCUT2D eigenvalue weighted by molar-refractivity contribution is -0.123. The van der Waals surface area contributed by atoms with Crippen LogP contribution in [0.5, 0.6) is 11.5 Å². The molecule has 1 fully saturated rings. The first-order valence-corrected chi connectivity index (χ1v) is 10.7. The van der Waals surface area contributed by atoms with Gasteiger partial charge in [0.25, 0.3) is 11.1 Å². The molecule has 3 rings (SSSR count). The Kier molecular flexibility index (Phi) is 7.57. The van der Waals surface area contributed by atoms with E-state index in [2.05, 4.69) is 22.6 Å². The fourth-order valence-electron chi connectivity index (χ4n) is 2.66. The number of amides is 2. The summed E-state index contributed by atoms with van der Waals surface area (Å²) in [5.74, 6) is 0.856. The maximum Gasteiger partial charge on any atom is 0.293 e. The number of methoxy groups -OCH3 is 2. The van der Waals surface area contributed by atoms with Gasteiger partial charge >= 0.3 is 0 Å². The molecule has 2 aromatic rings. The zero-order chi connectivity index (χ0) is 20.8. The summed E-state index contributed by atoms with van der Waals surface area (Å²) in [6.45, 7) is 0.976. The molecule has 1 aliphatic rings. The van der Waals surface area contributed by atoms with Crippen LogP contribution in [-0.2, 0) is 16.1 Å². The van der Waals surface area contributed by atoms with Crippen LogP contribution in [0.1, 0.15) is 11.1 Å². The van der Waals surface area contributed by atoms with Crippen molar-refractivity contribution in [1.29, 1.82) is 0 Å². The van der Waals surface area contributed by atoms with Crippen LogP contribution >= 0.6 is 34.4 Å². The lowest BCUT2D eigenvalue weighted by Crippen LogP contribution is -2.31. The van der Waals surface area contributed by atoms with E-state index in [4.69, 9.17) is 14.2 Å². The van der Waals surface area contributed by atoms with Gasteiger partial charge in [-0.05, 0) is 75.8 Å². The number of thioether (sulfide) groups is 1. The number of hydrogen-bond acceptors (Lipinski definition) is 6. The summed E-state index contributed by atoms with van der Waals surface area (Å²) in [4.78, 5) is 26.0. The molecule has 8 heteroatoms. The average molecular weight is 525 g/mol. The van der Waals surface area contributed by atoms with Gasteiger partial charge in [0.05, 0.1) is 25.2 Å². The van der Waals surface area contributed by atoms with Crippen molar-refractivity contribution in [3.63, 3.8) is 0 Å². The van der Waals surface area contributed by atoms with Gasteiger partial charge in [0, 0.05) is 10.7 Å². The maximum absolute atomic E-state index is 12.4. The molecule has 152 valence electrons. The second kappa shape index (κ2) is 10.1. The summed E-state index contributed by atoms with van der Waals surface area (Å²) in [7, 11) is 3.10. The number of imide groups is 1. The topological polar surface area (TPSA) is 65.1 Å². The Labute approximate surface area is 187 Å². The van der Waals surface area contributed by atoms with Crippen LogP contribution in [0.25, 0.3) is 6.08 Å². The van der Waals surface area contributed by atoms with E-state index in [9.17, 15) is 9.59 Å². The van der Waals surface area contributed by atoms with Crippen molar-refractivity contribution >= 4 is 51.6 Å². The highest BCUT2D eigenvalue weighted by Crippen LogP contribution is 2.34. The molecule has 0 aliphatic carbocycles. The van der Waals surface area contributed by atoms with E-state index in [-0.39, 0.29) is 17.7 Å². The number of hydrogen-bond donors (Lipinski definition) is 0. The van der Waals surface area contributed by atoms with Crippen LogP contribution in [0.4, 0.5) is 4.79 Å². The first kappa shape index (κ1) is 21.7. The van der Waals surface area contributed by atoms with Gasteiger partial charge in [-0.15, -0.1) is 0 Å². The molecule has 2 aromatic carbocycles. The van der Waals surface area contributed by atoms with E-state index >= 15 is 0 Å². The van der Waals surface area contributed by atoms with Crippen molar-refractivity contribution in [2.75, 3.05) is 27.4 Å². The third-order valence-electron chi connectivity index (χ3n) is 4.19. The van der Waals surface area contributed by atoms with E-state index in [1.54, 1.807) is 25.3 Å². The monoisotopic (exact) mass is 525 g/mol. The molecule has 0 spiro atoms. The number of benzene rings is 2. The molecule has 0 aromatic heterocycles. The number of nitrogens with zero attached hydrogens (tertiary/aromatic N) is 1. The van der Waals surface area contributed by atoms with Gasteiger partial charge in [-0.3, -0.25) is 14.5 Å². The quantitative estimate of drug-likeness (QED) is 0.372. The Morgan fingerprint density at radius 1 is 1.07 bits per heavy atom. The molecular formula is C21H20INO5S. The number of rotatable bonds is 8. The number of halogens is 1. The summed E-state index contributed by atoms with van der Waals surface area (Å²) < 4.78 is 17.4. The largest absolute Gasteiger partial charge is 0.493 e. The lowest BCUT2D eigenvalue weighted by Gasteiger charge is -2.12. The molecule has 0 bridgehead atoms. The fraction of sp³-hybridized carbons (Fsp3) is 0.238. The molecule has 0 saturated carbocycles. The van der Waals surface area contributed by atoms with Crippen molar-refractivity contribution in [3.8, 4) is 11.5 Å². The first-order valence-electron chi connectivity index (χ1n) is 8.81. The molecule has 0 unspecified atom stereocenters. The summed E-state index contributed by atoms with van der Waals surface area (Å²) in [5.41, 5.74) is 1.81. The Bertz CT molecular complexity index is 929. The number of carbonyl (C=O) groups excluding carboxylic acids is 2. The van der Waals surface area contributed by atoms with Crippen molar-refractivity contribution < 1.29 is 23.8 Å². The SMILES string of the molecule is COCCN1C(=O)S/C(=C/c2ccc(OCc3ccc(I)cc3)c(OC)c2)C1=O. The second-order valence-electron chi connectivity index (χ2n) is 6.15. The van der Waals surface area contributed by atoms with Gasteiger partial charge in [0.1, 0.15) is 6.61 Å². The molecule has 29 heavy (non-hydrogen) atoms. The maximum atomic E-state index is 12.4. The molecule has 1 saturated heterocycles. The minimum atomic E-state index is -0.310. The average Bonchev–Trinajstić information content (AvgIpc) is 2.99. The van der Waals surface area contributed by atoms with Crippen LogP contribution < -0.4 is 9.47 Å². The van der Waals surface area contributed by atoms with Gasteiger partial charge in [-0.25, -0.2) is 0 Å². The second-order valence-corrected chi connectivity index (χ2v) is 8.39. The van der Waals surface area contributed by atoms with Crippen LogP contribution in [0.3, 0.4) is 0 Å². The normalized spacial score (nSPS) is 15.3. The van der Waals surface area contributed by atoms with Crippen molar-refractivity contribution in [1.82, 2.24) is 4.90 Å². The molecule has 0 atom stereocenters. The highest BCUT2D eigenvalue weighted by Gasteiger charge is 2.34. The van der Waals surface area contributed by atoms with Crippen molar-refractivity contribution in [3.05, 3.63) is 62.1 Å².